The Labute approximate surface area is 231 Å². The maximum atomic E-state index is 13.2. The van der Waals surface area contributed by atoms with Crippen LogP contribution < -0.4 is 28.4 Å². The molecule has 1 N–H and O–H groups in total. The van der Waals surface area contributed by atoms with Gasteiger partial charge in [-0.15, -0.1) is 0 Å². The van der Waals surface area contributed by atoms with Gasteiger partial charge in [0.25, 0.3) is 10.0 Å². The number of hydrogen-bond donors (Lipinski definition) is 1. The van der Waals surface area contributed by atoms with Gasteiger partial charge >= 0.3 is 0 Å². The Hall–Kier alpha value is -4.96. The molecular weight excluding hydrogens is 532 g/mol. The summed E-state index contributed by atoms with van der Waals surface area (Å²) in [5.41, 5.74) is 0.946. The number of sulfonamides is 1. The van der Waals surface area contributed by atoms with Crippen molar-refractivity contribution in [2.45, 2.75) is 4.90 Å². The Kier molecular flexibility index (Phi) is 7.61. The summed E-state index contributed by atoms with van der Waals surface area (Å²) in [6.45, 7) is 0. The first-order valence-electron chi connectivity index (χ1n) is 12.1. The van der Waals surface area contributed by atoms with Gasteiger partial charge < -0.3 is 23.7 Å². The summed E-state index contributed by atoms with van der Waals surface area (Å²) < 4.78 is 57.2. The van der Waals surface area contributed by atoms with Crippen LogP contribution >= 0.6 is 0 Å². The van der Waals surface area contributed by atoms with E-state index in [1.165, 1.54) is 19.2 Å². The van der Waals surface area contributed by atoms with Crippen LogP contribution in [0.25, 0.3) is 10.9 Å². The lowest BCUT2D eigenvalue weighted by atomic mass is 10.1. The minimum Gasteiger partial charge on any atom is -0.493 e. The third-order valence-electron chi connectivity index (χ3n) is 5.94. The number of pyridine rings is 1. The molecule has 0 aliphatic heterocycles. The van der Waals surface area contributed by atoms with Crippen molar-refractivity contribution in [1.82, 2.24) is 4.98 Å². The number of methoxy groups -OCH3 is 3. The Morgan fingerprint density at radius 3 is 2.08 bits per heavy atom. The van der Waals surface area contributed by atoms with Crippen LogP contribution in [0.1, 0.15) is 0 Å². The highest BCUT2D eigenvalue weighted by Gasteiger charge is 2.18. The molecule has 204 valence electrons. The zero-order valence-corrected chi connectivity index (χ0v) is 22.8. The van der Waals surface area contributed by atoms with E-state index >= 15 is 0 Å². The van der Waals surface area contributed by atoms with Crippen LogP contribution in [-0.4, -0.2) is 34.7 Å². The quantitative estimate of drug-likeness (QED) is 0.203. The normalized spacial score (nSPS) is 11.1. The SMILES string of the molecule is COc1cc2nccc(Oc3ccc(NS(=O)(=O)c4cccc(Oc5ccccc5)c4)cc3OC)c2cc1OC. The molecule has 0 bridgehead atoms. The summed E-state index contributed by atoms with van der Waals surface area (Å²) in [5.74, 6) is 3.29. The number of nitrogens with one attached hydrogen (secondary N) is 1. The van der Waals surface area contributed by atoms with E-state index in [1.54, 1.807) is 81.1 Å². The van der Waals surface area contributed by atoms with Crippen molar-refractivity contribution in [3.8, 4) is 40.2 Å². The second-order valence-corrected chi connectivity index (χ2v) is 10.2. The number of benzene rings is 4. The molecule has 5 aromatic rings. The lowest BCUT2D eigenvalue weighted by molar-refractivity contribution is 0.355. The van der Waals surface area contributed by atoms with Gasteiger partial charge in [0.1, 0.15) is 17.2 Å². The lowest BCUT2D eigenvalue weighted by Crippen LogP contribution is -2.13. The highest BCUT2D eigenvalue weighted by molar-refractivity contribution is 7.92. The summed E-state index contributed by atoms with van der Waals surface area (Å²) in [6.07, 6.45) is 1.62. The van der Waals surface area contributed by atoms with E-state index in [-0.39, 0.29) is 4.90 Å². The van der Waals surface area contributed by atoms with Crippen LogP contribution in [0.15, 0.2) is 102 Å². The maximum absolute atomic E-state index is 13.2. The van der Waals surface area contributed by atoms with Crippen molar-refractivity contribution >= 4 is 26.6 Å². The molecule has 40 heavy (non-hydrogen) atoms. The summed E-state index contributed by atoms with van der Waals surface area (Å²) in [6, 6.07) is 25.4. The van der Waals surface area contributed by atoms with Crippen molar-refractivity contribution in [2.75, 3.05) is 26.1 Å². The van der Waals surface area contributed by atoms with Crippen molar-refractivity contribution in [2.24, 2.45) is 0 Å². The third kappa shape index (κ3) is 5.71. The molecule has 0 aliphatic rings. The van der Waals surface area contributed by atoms with Gasteiger partial charge in [0.15, 0.2) is 23.0 Å². The minimum absolute atomic E-state index is 0.0489. The van der Waals surface area contributed by atoms with Crippen molar-refractivity contribution in [1.29, 1.82) is 0 Å². The number of rotatable bonds is 10. The van der Waals surface area contributed by atoms with Gasteiger partial charge in [0.2, 0.25) is 0 Å². The van der Waals surface area contributed by atoms with Crippen LogP contribution in [0.3, 0.4) is 0 Å². The number of nitrogens with zero attached hydrogens (tertiary/aromatic N) is 1. The van der Waals surface area contributed by atoms with Gasteiger partial charge in [-0.1, -0.05) is 24.3 Å². The molecule has 9 nitrogen and oxygen atoms in total. The fourth-order valence-corrected chi connectivity index (χ4v) is 5.10. The number of aromatic nitrogens is 1. The second kappa shape index (κ2) is 11.4. The molecule has 0 spiro atoms. The zero-order chi connectivity index (χ0) is 28.1. The van der Waals surface area contributed by atoms with Crippen LogP contribution in [0.5, 0.6) is 40.2 Å². The van der Waals surface area contributed by atoms with Gasteiger partial charge in [-0.2, -0.15) is 0 Å². The molecule has 5 rings (SSSR count). The molecule has 0 unspecified atom stereocenters. The molecule has 0 atom stereocenters. The van der Waals surface area contributed by atoms with Gasteiger partial charge in [-0.05, 0) is 48.5 Å². The van der Waals surface area contributed by atoms with Gasteiger partial charge in [-0.25, -0.2) is 8.42 Å². The van der Waals surface area contributed by atoms with E-state index in [2.05, 4.69) is 9.71 Å². The average molecular weight is 559 g/mol. The standard InChI is InChI=1S/C30H26N2O7S/c1-35-28-16-20(32-40(33,34)23-11-7-10-22(17-23)38-21-8-5-4-6-9-21)12-13-27(28)39-26-14-15-31-25-19-30(37-3)29(36-2)18-24(25)26/h4-19,32H,1-3H3. The van der Waals surface area contributed by atoms with E-state index in [0.717, 1.165) is 0 Å². The highest BCUT2D eigenvalue weighted by Crippen LogP contribution is 2.40. The second-order valence-electron chi connectivity index (χ2n) is 8.50. The van der Waals surface area contributed by atoms with Crippen LogP contribution in [0, 0.1) is 0 Å². The van der Waals surface area contributed by atoms with E-state index in [1.807, 2.05) is 18.2 Å². The Morgan fingerprint density at radius 1 is 0.625 bits per heavy atom. The minimum atomic E-state index is -3.93. The highest BCUT2D eigenvalue weighted by atomic mass is 32.2. The van der Waals surface area contributed by atoms with Crippen molar-refractivity contribution in [3.05, 3.63) is 97.2 Å². The zero-order valence-electron chi connectivity index (χ0n) is 22.0. The number of fused-ring (bicyclic) bond motifs is 1. The molecule has 0 amide bonds. The molecule has 0 radical (unpaired) electrons. The van der Waals surface area contributed by atoms with Gasteiger partial charge in [0.05, 0.1) is 37.4 Å². The first-order chi connectivity index (χ1) is 19.4. The van der Waals surface area contributed by atoms with Crippen LogP contribution in [0.2, 0.25) is 0 Å². The molecule has 1 heterocycles. The van der Waals surface area contributed by atoms with E-state index in [0.29, 0.717) is 56.8 Å². The number of anilines is 1. The third-order valence-corrected chi connectivity index (χ3v) is 7.32. The molecule has 4 aromatic carbocycles. The van der Waals surface area contributed by atoms with E-state index < -0.39 is 10.0 Å². The Balaban J connectivity index is 1.39. The monoisotopic (exact) mass is 558 g/mol. The lowest BCUT2D eigenvalue weighted by Gasteiger charge is -2.15. The largest absolute Gasteiger partial charge is 0.493 e. The fourth-order valence-electron chi connectivity index (χ4n) is 4.01. The summed E-state index contributed by atoms with van der Waals surface area (Å²) in [4.78, 5) is 4.44. The molecular formula is C30H26N2O7S. The van der Waals surface area contributed by atoms with Gasteiger partial charge in [0, 0.05) is 29.8 Å². The predicted molar refractivity (Wildman–Crippen MR) is 152 cm³/mol. The van der Waals surface area contributed by atoms with Crippen molar-refractivity contribution in [3.63, 3.8) is 0 Å². The number of ether oxygens (including phenoxy) is 5. The van der Waals surface area contributed by atoms with Crippen LogP contribution in [-0.2, 0) is 10.0 Å². The first kappa shape index (κ1) is 26.6. The topological polar surface area (TPSA) is 105 Å². The fraction of sp³-hybridized carbons (Fsp3) is 0.100. The molecule has 0 saturated heterocycles. The van der Waals surface area contributed by atoms with E-state index in [4.69, 9.17) is 23.7 Å². The Morgan fingerprint density at radius 2 is 1.32 bits per heavy atom. The van der Waals surface area contributed by atoms with Crippen LogP contribution in [0.4, 0.5) is 5.69 Å². The maximum Gasteiger partial charge on any atom is 0.262 e. The van der Waals surface area contributed by atoms with E-state index in [9.17, 15) is 8.42 Å². The summed E-state index contributed by atoms with van der Waals surface area (Å²) in [7, 11) is 0.654. The number of hydrogen-bond acceptors (Lipinski definition) is 8. The smallest absolute Gasteiger partial charge is 0.262 e. The first-order valence-corrected chi connectivity index (χ1v) is 13.6. The van der Waals surface area contributed by atoms with Crippen molar-refractivity contribution < 1.29 is 32.1 Å². The molecule has 10 heteroatoms. The molecule has 0 saturated carbocycles. The molecule has 0 aliphatic carbocycles. The number of para-hydroxylation sites is 1. The predicted octanol–water partition coefficient (Wildman–Crippen LogP) is 6.65. The summed E-state index contributed by atoms with van der Waals surface area (Å²) >= 11 is 0. The molecule has 0 fully saturated rings. The van der Waals surface area contributed by atoms with Gasteiger partial charge in [-0.3, -0.25) is 9.71 Å². The average Bonchev–Trinajstić information content (AvgIpc) is 2.97. The summed E-state index contributed by atoms with van der Waals surface area (Å²) in [5, 5.41) is 0.699. The Bertz CT molecular complexity index is 1760. The molecule has 1 aromatic heterocycles.